The summed E-state index contributed by atoms with van der Waals surface area (Å²) in [5.74, 6) is 0. The van der Waals surface area contributed by atoms with Crippen LogP contribution < -0.4 is 0 Å². The molecule has 0 aliphatic carbocycles. The Kier molecular flexibility index (Phi) is 158. The summed E-state index contributed by atoms with van der Waals surface area (Å²) < 4.78 is 0. The fraction of sp³-hybridized carbons (Fsp3) is 0. The average molecular weight is 321 g/mol. The quantitative estimate of drug-likeness (QED) is 0.464. The molecule has 0 aliphatic heterocycles. The Morgan fingerprint density at radius 1 is 1.00 bits per heavy atom. The van der Waals surface area contributed by atoms with Crippen molar-refractivity contribution in [2.45, 2.75) is 0 Å². The maximum atomic E-state index is 0. The van der Waals surface area contributed by atoms with Crippen LogP contribution in [0.15, 0.2) is 0 Å². The van der Waals surface area contributed by atoms with E-state index in [0.29, 0.717) is 0 Å². The van der Waals surface area contributed by atoms with Crippen LogP contribution in [0, 0.1) is 0 Å². The van der Waals surface area contributed by atoms with Crippen molar-refractivity contribution in [3.63, 3.8) is 0 Å². The summed E-state index contributed by atoms with van der Waals surface area (Å²) in [6, 6.07) is 0. The predicted octanol–water partition coefficient (Wildman–Crippen LogP) is -1.97. The van der Waals surface area contributed by atoms with E-state index in [1.54, 1.807) is 0 Å². The Balaban J connectivity index is 0. The molecule has 4 heavy (non-hydrogen) atoms. The third kappa shape index (κ3) is 8.86. The molecule has 4 heteroatoms. The molecule has 0 aromatic heterocycles. The second-order valence-electron chi connectivity index (χ2n) is 0. The molecule has 0 fully saturated rings. The molecule has 0 aromatic rings. The van der Waals surface area contributed by atoms with Crippen molar-refractivity contribution in [3.05, 3.63) is 0 Å². The second kappa shape index (κ2) is 18.7. The van der Waals surface area contributed by atoms with Crippen LogP contribution in [0.25, 0.3) is 0 Å². The zero-order chi connectivity index (χ0) is 0. The summed E-state index contributed by atoms with van der Waals surface area (Å²) in [6.07, 6.45) is 0. The van der Waals surface area contributed by atoms with Crippen molar-refractivity contribution in [2.24, 2.45) is 0 Å². The van der Waals surface area contributed by atoms with Crippen LogP contribution in [0.4, 0.5) is 0 Å². The van der Waals surface area contributed by atoms with Gasteiger partial charge < -0.3 is 5.48 Å². The molecule has 0 aliphatic rings. The maximum Gasteiger partial charge on any atom is 0 e. The van der Waals surface area contributed by atoms with Crippen LogP contribution in [0.5, 0.6) is 0 Å². The van der Waals surface area contributed by atoms with Gasteiger partial charge in [-0.25, -0.2) is 0 Å². The van der Waals surface area contributed by atoms with Crippen LogP contribution in [-0.2, 0) is 0 Å². The molecule has 0 rings (SSSR count). The van der Waals surface area contributed by atoms with Crippen molar-refractivity contribution in [1.82, 2.24) is 0 Å². The molecule has 2 N–H and O–H groups in total. The van der Waals surface area contributed by atoms with Crippen molar-refractivity contribution in [2.75, 3.05) is 0 Å². The van der Waals surface area contributed by atoms with Gasteiger partial charge in [0.15, 0.2) is 0 Å². The molecule has 10 radical (unpaired) electrons. The standard InChI is InChI=1S/Ga.In.H2O.Sn/h;;1H2;. The first kappa shape index (κ1) is 33.8. The van der Waals surface area contributed by atoms with E-state index in [2.05, 4.69) is 0 Å². The molecule has 1 nitrogen and oxygen atoms in total. The second-order valence-corrected chi connectivity index (χ2v) is 0. The van der Waals surface area contributed by atoms with Gasteiger partial charge in [0.25, 0.3) is 0 Å². The van der Waals surface area contributed by atoms with E-state index in [1.807, 2.05) is 0 Å². The van der Waals surface area contributed by atoms with E-state index < -0.39 is 0 Å². The van der Waals surface area contributed by atoms with E-state index in [9.17, 15) is 0 Å². The molecular weight excluding hydrogens is 319 g/mol. The Hall–Kier alpha value is 2.27. The van der Waals surface area contributed by atoms with E-state index in [0.717, 1.165) is 0 Å². The summed E-state index contributed by atoms with van der Waals surface area (Å²) in [5, 5.41) is 0. The van der Waals surface area contributed by atoms with E-state index in [-0.39, 0.29) is 75.0 Å². The molecule has 0 unspecified atom stereocenters. The van der Waals surface area contributed by atoms with Gasteiger partial charge in [0, 0.05) is 69.5 Å². The van der Waals surface area contributed by atoms with Crippen LogP contribution in [0.1, 0.15) is 0 Å². The smallest absolute Gasteiger partial charge is 0 e. The summed E-state index contributed by atoms with van der Waals surface area (Å²) in [6.45, 7) is 0. The zero-order valence-corrected chi connectivity index (χ0v) is 10.7. The molecule has 0 bridgehead atoms. The minimum Gasteiger partial charge on any atom is -0.412 e. The summed E-state index contributed by atoms with van der Waals surface area (Å²) >= 11 is 0. The Bertz CT molecular complexity index is 8.00. The fourth-order valence-electron chi connectivity index (χ4n) is 0. The SMILES string of the molecule is O.[Ga].[In].[Sn]. The van der Waals surface area contributed by atoms with Gasteiger partial charge in [-0.15, -0.1) is 0 Å². The minimum absolute atomic E-state index is 0. The molecule has 0 saturated carbocycles. The molecule has 0 atom stereocenters. The minimum atomic E-state index is 0. The molecule has 0 spiro atoms. The van der Waals surface area contributed by atoms with E-state index in [4.69, 9.17) is 0 Å². The summed E-state index contributed by atoms with van der Waals surface area (Å²) in [7, 11) is 0. The summed E-state index contributed by atoms with van der Waals surface area (Å²) in [4.78, 5) is 0. The molecule has 0 saturated heterocycles. The fourth-order valence-corrected chi connectivity index (χ4v) is 0. The molecule has 0 amide bonds. The Morgan fingerprint density at radius 3 is 1.00 bits per heavy atom. The van der Waals surface area contributed by atoms with Gasteiger partial charge in [-0.3, -0.25) is 0 Å². The summed E-state index contributed by atoms with van der Waals surface area (Å²) in [5.41, 5.74) is 0. The van der Waals surface area contributed by atoms with Gasteiger partial charge >= 0.3 is 0 Å². The van der Waals surface area contributed by atoms with Crippen LogP contribution in [0.3, 0.4) is 0 Å². The van der Waals surface area contributed by atoms with E-state index in [1.165, 1.54) is 0 Å². The molecule has 0 heterocycles. The topological polar surface area (TPSA) is 31.5 Å². The Labute approximate surface area is 74.0 Å². The van der Waals surface area contributed by atoms with Crippen LogP contribution >= 0.6 is 0 Å². The van der Waals surface area contributed by atoms with Crippen LogP contribution in [-0.4, -0.2) is 75.0 Å². The van der Waals surface area contributed by atoms with Crippen molar-refractivity contribution >= 4 is 69.5 Å². The number of rotatable bonds is 0. The first-order valence-electron chi connectivity index (χ1n) is 0. The normalized spacial score (nSPS) is 0. The van der Waals surface area contributed by atoms with E-state index >= 15 is 0 Å². The van der Waals surface area contributed by atoms with Gasteiger partial charge in [0.1, 0.15) is 0 Å². The molecule has 18 valence electrons. The van der Waals surface area contributed by atoms with Crippen molar-refractivity contribution in [3.8, 4) is 0 Å². The Morgan fingerprint density at radius 2 is 1.00 bits per heavy atom. The first-order valence-corrected chi connectivity index (χ1v) is 0. The molecular formula is H2GaInOSn. The predicted molar refractivity (Wildman–Crippen MR) is 20.9 cm³/mol. The van der Waals surface area contributed by atoms with Gasteiger partial charge in [-0.2, -0.15) is 0 Å². The van der Waals surface area contributed by atoms with Crippen molar-refractivity contribution in [1.29, 1.82) is 0 Å². The largest absolute Gasteiger partial charge is 0.412 e. The van der Waals surface area contributed by atoms with Gasteiger partial charge in [0.2, 0.25) is 0 Å². The monoisotopic (exact) mass is 322 g/mol. The third-order valence-corrected chi connectivity index (χ3v) is 0. The van der Waals surface area contributed by atoms with Gasteiger partial charge in [-0.05, 0) is 0 Å². The first-order chi connectivity index (χ1) is 0. The molecule has 0 aromatic carbocycles. The number of hydrogen-bond donors (Lipinski definition) is 0. The third-order valence-electron chi connectivity index (χ3n) is 0. The maximum absolute atomic E-state index is 0. The van der Waals surface area contributed by atoms with Crippen LogP contribution in [0.2, 0.25) is 0 Å². The zero-order valence-electron chi connectivity index (χ0n) is 2.15. The van der Waals surface area contributed by atoms with Gasteiger partial charge in [-0.1, -0.05) is 0 Å². The number of hydrogen-bond acceptors (Lipinski definition) is 0. The van der Waals surface area contributed by atoms with Crippen molar-refractivity contribution < 1.29 is 5.48 Å². The van der Waals surface area contributed by atoms with Gasteiger partial charge in [0.05, 0.1) is 0 Å². The average Bonchev–Trinajstić information content (AvgIpc) is 0.